The van der Waals surface area contributed by atoms with Crippen LogP contribution in [0.15, 0.2) is 30.7 Å². The molecule has 3 heterocycles. The van der Waals surface area contributed by atoms with Gasteiger partial charge in [-0.2, -0.15) is 25.1 Å². The van der Waals surface area contributed by atoms with E-state index in [-0.39, 0.29) is 0 Å². The van der Waals surface area contributed by atoms with E-state index in [1.54, 1.807) is 21.8 Å². The van der Waals surface area contributed by atoms with Crippen molar-refractivity contribution in [3.05, 3.63) is 36.4 Å². The largest absolute Gasteiger partial charge is 0.354 e. The smallest absolute Gasteiger partial charge is 0.257 e. The van der Waals surface area contributed by atoms with Gasteiger partial charge in [0.15, 0.2) is 0 Å². The van der Waals surface area contributed by atoms with Crippen LogP contribution in [-0.4, -0.2) is 41.1 Å². The molecule has 3 aromatic heterocycles. The van der Waals surface area contributed by atoms with Gasteiger partial charge in [0.1, 0.15) is 0 Å². The Labute approximate surface area is 115 Å². The van der Waals surface area contributed by atoms with Gasteiger partial charge < -0.3 is 5.32 Å². The van der Waals surface area contributed by atoms with Crippen LogP contribution in [0.1, 0.15) is 12.6 Å². The van der Waals surface area contributed by atoms with Crippen LogP contribution in [-0.2, 0) is 0 Å². The molecule has 0 bridgehead atoms. The number of hydrogen-bond donors (Lipinski definition) is 1. The number of anilines is 1. The van der Waals surface area contributed by atoms with Crippen LogP contribution in [0.5, 0.6) is 0 Å². The average molecular weight is 270 g/mol. The number of nitrogens with one attached hydrogen (secondary N) is 1. The summed E-state index contributed by atoms with van der Waals surface area (Å²) in [6.45, 7) is 4.62. The first kappa shape index (κ1) is 12.3. The normalized spacial score (nSPS) is 10.7. The molecule has 0 unspecified atom stereocenters. The highest BCUT2D eigenvalue weighted by atomic mass is 15.4. The van der Waals surface area contributed by atoms with E-state index < -0.39 is 0 Å². The minimum atomic E-state index is 0.448. The monoisotopic (exact) mass is 270 g/mol. The highest BCUT2D eigenvalue weighted by Crippen LogP contribution is 2.08. The number of hydrogen-bond acceptors (Lipinski definition) is 6. The van der Waals surface area contributed by atoms with Crippen LogP contribution in [0.25, 0.3) is 11.9 Å². The lowest BCUT2D eigenvalue weighted by molar-refractivity contribution is 0.741. The molecule has 0 aliphatic carbocycles. The zero-order valence-corrected chi connectivity index (χ0v) is 11.2. The molecule has 3 aromatic rings. The second-order valence-electron chi connectivity index (χ2n) is 4.14. The molecule has 0 radical (unpaired) electrons. The molecule has 0 saturated heterocycles. The highest BCUT2D eigenvalue weighted by molar-refractivity contribution is 5.32. The van der Waals surface area contributed by atoms with Gasteiger partial charge in [-0.15, -0.1) is 0 Å². The van der Waals surface area contributed by atoms with E-state index in [0.717, 1.165) is 12.2 Å². The molecule has 0 aliphatic heterocycles. The maximum atomic E-state index is 4.38. The number of aromatic nitrogens is 7. The van der Waals surface area contributed by atoms with Gasteiger partial charge in [0, 0.05) is 25.1 Å². The van der Waals surface area contributed by atoms with E-state index in [9.17, 15) is 0 Å². The van der Waals surface area contributed by atoms with Crippen LogP contribution in [0.2, 0.25) is 0 Å². The van der Waals surface area contributed by atoms with Crippen molar-refractivity contribution in [2.45, 2.75) is 13.8 Å². The maximum absolute atomic E-state index is 4.38. The van der Waals surface area contributed by atoms with Crippen molar-refractivity contribution in [2.24, 2.45) is 0 Å². The topological polar surface area (TPSA) is 86.3 Å². The van der Waals surface area contributed by atoms with Gasteiger partial charge in [0.2, 0.25) is 5.95 Å². The molecule has 0 aromatic carbocycles. The summed E-state index contributed by atoms with van der Waals surface area (Å²) in [6, 6.07) is 3.71. The van der Waals surface area contributed by atoms with Gasteiger partial charge in [-0.05, 0) is 26.0 Å². The zero-order chi connectivity index (χ0) is 13.9. The minimum Gasteiger partial charge on any atom is -0.354 e. The van der Waals surface area contributed by atoms with Crippen LogP contribution in [0.4, 0.5) is 5.95 Å². The van der Waals surface area contributed by atoms with Crippen LogP contribution < -0.4 is 5.32 Å². The Morgan fingerprint density at radius 1 is 1.10 bits per heavy atom. The third-order valence-electron chi connectivity index (χ3n) is 2.58. The summed E-state index contributed by atoms with van der Waals surface area (Å²) in [5.41, 5.74) is 0.899. The lowest BCUT2D eigenvalue weighted by atomic mass is 10.5. The van der Waals surface area contributed by atoms with Crippen molar-refractivity contribution in [3.8, 4) is 11.9 Å². The van der Waals surface area contributed by atoms with Crippen LogP contribution in [0.3, 0.4) is 0 Å². The number of aryl methyl sites for hydroxylation is 1. The minimum absolute atomic E-state index is 0.448. The molecular weight excluding hydrogens is 256 g/mol. The van der Waals surface area contributed by atoms with Gasteiger partial charge in [-0.25, -0.2) is 9.36 Å². The van der Waals surface area contributed by atoms with Gasteiger partial charge in [0.25, 0.3) is 11.9 Å². The third-order valence-corrected chi connectivity index (χ3v) is 2.58. The predicted octanol–water partition coefficient (Wildman–Crippen LogP) is 0.983. The Balaban J connectivity index is 2.09. The summed E-state index contributed by atoms with van der Waals surface area (Å²) < 4.78 is 3.20. The molecule has 8 heteroatoms. The number of rotatable bonds is 4. The van der Waals surface area contributed by atoms with Crippen molar-refractivity contribution in [1.82, 2.24) is 34.5 Å². The Morgan fingerprint density at radius 3 is 2.50 bits per heavy atom. The first-order chi connectivity index (χ1) is 9.76. The summed E-state index contributed by atoms with van der Waals surface area (Å²) in [6.07, 6.45) is 5.27. The lowest BCUT2D eigenvalue weighted by Gasteiger charge is -2.07. The van der Waals surface area contributed by atoms with E-state index in [4.69, 9.17) is 0 Å². The second-order valence-corrected chi connectivity index (χ2v) is 4.14. The fourth-order valence-electron chi connectivity index (χ4n) is 1.71. The van der Waals surface area contributed by atoms with E-state index in [1.165, 1.54) is 0 Å². The molecule has 0 fully saturated rings. The molecule has 0 saturated carbocycles. The average Bonchev–Trinajstić information content (AvgIpc) is 3.09. The predicted molar refractivity (Wildman–Crippen MR) is 73.0 cm³/mol. The first-order valence-electron chi connectivity index (χ1n) is 6.29. The Hall–Kier alpha value is -2.77. The zero-order valence-electron chi connectivity index (χ0n) is 11.2. The third kappa shape index (κ3) is 2.35. The SMILES string of the molecule is CCNc1nc(-n2cccn2)nc(-n2ccc(C)n2)n1. The summed E-state index contributed by atoms with van der Waals surface area (Å²) >= 11 is 0. The maximum Gasteiger partial charge on any atom is 0.257 e. The van der Waals surface area contributed by atoms with Crippen molar-refractivity contribution < 1.29 is 0 Å². The van der Waals surface area contributed by atoms with Crippen molar-refractivity contribution in [1.29, 1.82) is 0 Å². The second kappa shape index (κ2) is 5.08. The van der Waals surface area contributed by atoms with E-state index in [2.05, 4.69) is 30.5 Å². The molecular formula is C12H14N8. The Bertz CT molecular complexity index is 700. The van der Waals surface area contributed by atoms with E-state index in [0.29, 0.717) is 17.8 Å². The summed E-state index contributed by atoms with van der Waals surface area (Å²) in [4.78, 5) is 13.0. The summed E-state index contributed by atoms with van der Waals surface area (Å²) in [5.74, 6) is 1.40. The molecule has 0 spiro atoms. The van der Waals surface area contributed by atoms with Crippen molar-refractivity contribution >= 4 is 5.95 Å². The van der Waals surface area contributed by atoms with Crippen molar-refractivity contribution in [2.75, 3.05) is 11.9 Å². The fourth-order valence-corrected chi connectivity index (χ4v) is 1.71. The Morgan fingerprint density at radius 2 is 1.90 bits per heavy atom. The molecule has 102 valence electrons. The lowest BCUT2D eigenvalue weighted by Crippen LogP contribution is -2.13. The van der Waals surface area contributed by atoms with Crippen LogP contribution in [0, 0.1) is 6.92 Å². The molecule has 0 atom stereocenters. The van der Waals surface area contributed by atoms with Gasteiger partial charge in [-0.1, -0.05) is 0 Å². The van der Waals surface area contributed by atoms with Gasteiger partial charge in [-0.3, -0.25) is 0 Å². The standard InChI is InChI=1S/C12H14N8/c1-3-13-10-15-11(19-7-4-6-14-19)17-12(16-10)20-8-5-9(2)18-20/h4-8H,3H2,1-2H3,(H,13,15,16,17). The Kier molecular flexibility index (Phi) is 3.12. The number of nitrogens with zero attached hydrogens (tertiary/aromatic N) is 7. The quantitative estimate of drug-likeness (QED) is 0.760. The first-order valence-corrected chi connectivity index (χ1v) is 6.29. The van der Waals surface area contributed by atoms with Crippen LogP contribution >= 0.6 is 0 Å². The molecule has 20 heavy (non-hydrogen) atoms. The molecule has 0 amide bonds. The summed E-state index contributed by atoms with van der Waals surface area (Å²) in [7, 11) is 0. The fraction of sp³-hybridized carbons (Fsp3) is 0.250. The van der Waals surface area contributed by atoms with Crippen molar-refractivity contribution in [3.63, 3.8) is 0 Å². The molecule has 1 N–H and O–H groups in total. The molecule has 3 rings (SSSR count). The highest BCUT2D eigenvalue weighted by Gasteiger charge is 2.10. The summed E-state index contributed by atoms with van der Waals surface area (Å²) in [5, 5.41) is 11.5. The van der Waals surface area contributed by atoms with E-state index in [1.807, 2.05) is 32.2 Å². The molecule has 8 nitrogen and oxygen atoms in total. The van der Waals surface area contributed by atoms with Gasteiger partial charge in [0.05, 0.1) is 5.69 Å². The van der Waals surface area contributed by atoms with E-state index >= 15 is 0 Å². The molecule has 0 aliphatic rings. The van der Waals surface area contributed by atoms with Gasteiger partial charge >= 0.3 is 0 Å².